The standard InChI is InChI=1S/C22H22N6O2/c1-14(2)21-17(13-25-28(21)19-9-5-6-10-23-19)22(30)27-26-20(29)11-15-12-24-18-8-4-3-7-16(15)18/h3-10,12-14,24H,11H2,1-2H3,(H,26,29)(H,27,30). The quantitative estimate of drug-likeness (QED) is 0.447. The van der Waals surface area contributed by atoms with Crippen molar-refractivity contribution in [3.05, 3.63) is 77.9 Å². The molecule has 0 saturated heterocycles. The highest BCUT2D eigenvalue weighted by molar-refractivity contribution is 5.97. The number of carbonyl (C=O) groups excluding carboxylic acids is 2. The average Bonchev–Trinajstić information content (AvgIpc) is 3.38. The van der Waals surface area contributed by atoms with Gasteiger partial charge in [0.05, 0.1) is 23.9 Å². The molecule has 0 bridgehead atoms. The van der Waals surface area contributed by atoms with E-state index in [0.717, 1.165) is 22.2 Å². The Hall–Kier alpha value is -3.94. The van der Waals surface area contributed by atoms with Crippen LogP contribution in [0.2, 0.25) is 0 Å². The number of H-pyrrole nitrogens is 1. The molecule has 0 saturated carbocycles. The Morgan fingerprint density at radius 1 is 1.10 bits per heavy atom. The predicted octanol–water partition coefficient (Wildman–Crippen LogP) is 2.88. The summed E-state index contributed by atoms with van der Waals surface area (Å²) in [6, 6.07) is 13.3. The smallest absolute Gasteiger partial charge is 0.273 e. The van der Waals surface area contributed by atoms with Crippen molar-refractivity contribution in [2.24, 2.45) is 0 Å². The summed E-state index contributed by atoms with van der Waals surface area (Å²) < 4.78 is 1.65. The first-order valence-corrected chi connectivity index (χ1v) is 9.68. The number of hydrazine groups is 1. The van der Waals surface area contributed by atoms with E-state index in [-0.39, 0.29) is 18.2 Å². The van der Waals surface area contributed by atoms with Gasteiger partial charge in [-0.05, 0) is 29.7 Å². The Morgan fingerprint density at radius 3 is 2.67 bits per heavy atom. The second-order valence-corrected chi connectivity index (χ2v) is 7.24. The van der Waals surface area contributed by atoms with E-state index in [9.17, 15) is 9.59 Å². The second-order valence-electron chi connectivity index (χ2n) is 7.24. The van der Waals surface area contributed by atoms with E-state index in [1.54, 1.807) is 17.1 Å². The van der Waals surface area contributed by atoms with Gasteiger partial charge in [0.2, 0.25) is 5.91 Å². The van der Waals surface area contributed by atoms with E-state index in [1.165, 1.54) is 6.20 Å². The summed E-state index contributed by atoms with van der Waals surface area (Å²) in [6.07, 6.45) is 5.12. The van der Waals surface area contributed by atoms with Crippen molar-refractivity contribution in [3.63, 3.8) is 0 Å². The molecule has 3 heterocycles. The molecule has 4 aromatic rings. The van der Waals surface area contributed by atoms with Crippen LogP contribution < -0.4 is 10.9 Å². The zero-order chi connectivity index (χ0) is 21.1. The zero-order valence-corrected chi connectivity index (χ0v) is 16.7. The number of amides is 2. The van der Waals surface area contributed by atoms with Crippen molar-refractivity contribution in [1.29, 1.82) is 0 Å². The fourth-order valence-corrected chi connectivity index (χ4v) is 3.44. The maximum absolute atomic E-state index is 12.7. The van der Waals surface area contributed by atoms with Crippen molar-refractivity contribution in [2.45, 2.75) is 26.2 Å². The summed E-state index contributed by atoms with van der Waals surface area (Å²) in [6.45, 7) is 3.95. The molecule has 0 radical (unpaired) electrons. The van der Waals surface area contributed by atoms with Crippen LogP contribution in [0.25, 0.3) is 16.7 Å². The number of carbonyl (C=O) groups is 2. The molecule has 8 nitrogen and oxygen atoms in total. The van der Waals surface area contributed by atoms with Gasteiger partial charge in [0.1, 0.15) is 0 Å². The highest BCUT2D eigenvalue weighted by Gasteiger charge is 2.21. The van der Waals surface area contributed by atoms with Crippen molar-refractivity contribution in [3.8, 4) is 5.82 Å². The third-order valence-corrected chi connectivity index (χ3v) is 4.81. The van der Waals surface area contributed by atoms with Crippen LogP contribution in [0, 0.1) is 0 Å². The predicted molar refractivity (Wildman–Crippen MR) is 113 cm³/mol. The monoisotopic (exact) mass is 402 g/mol. The Labute approximate surface area is 173 Å². The van der Waals surface area contributed by atoms with E-state index in [2.05, 4.69) is 25.9 Å². The number of rotatable bonds is 5. The number of benzene rings is 1. The highest BCUT2D eigenvalue weighted by atomic mass is 16.2. The molecule has 0 aliphatic carbocycles. The first-order chi connectivity index (χ1) is 14.5. The fourth-order valence-electron chi connectivity index (χ4n) is 3.44. The van der Waals surface area contributed by atoms with Gasteiger partial charge in [0.15, 0.2) is 5.82 Å². The Balaban J connectivity index is 1.46. The molecule has 30 heavy (non-hydrogen) atoms. The van der Waals surface area contributed by atoms with Gasteiger partial charge in [0.25, 0.3) is 5.91 Å². The molecular formula is C22H22N6O2. The number of nitrogens with one attached hydrogen (secondary N) is 3. The van der Waals surface area contributed by atoms with Crippen LogP contribution in [-0.2, 0) is 11.2 Å². The Kier molecular flexibility index (Phi) is 5.30. The number of aromatic nitrogens is 4. The molecule has 0 fully saturated rings. The highest BCUT2D eigenvalue weighted by Crippen LogP contribution is 2.22. The van der Waals surface area contributed by atoms with Gasteiger partial charge in [-0.3, -0.25) is 20.4 Å². The number of para-hydroxylation sites is 1. The fraction of sp³-hybridized carbons (Fsp3) is 0.182. The third kappa shape index (κ3) is 3.80. The second kappa shape index (κ2) is 8.20. The molecule has 0 atom stereocenters. The van der Waals surface area contributed by atoms with E-state index in [1.807, 2.05) is 56.3 Å². The lowest BCUT2D eigenvalue weighted by Gasteiger charge is -2.12. The van der Waals surface area contributed by atoms with Crippen molar-refractivity contribution < 1.29 is 9.59 Å². The molecule has 1 aromatic carbocycles. The van der Waals surface area contributed by atoms with Crippen LogP contribution in [0.3, 0.4) is 0 Å². The van der Waals surface area contributed by atoms with Gasteiger partial charge in [-0.15, -0.1) is 0 Å². The molecule has 3 N–H and O–H groups in total. The average molecular weight is 402 g/mol. The number of aromatic amines is 1. The van der Waals surface area contributed by atoms with Gasteiger partial charge in [0, 0.05) is 23.3 Å². The third-order valence-electron chi connectivity index (χ3n) is 4.81. The minimum absolute atomic E-state index is 0.0252. The molecule has 3 aromatic heterocycles. The van der Waals surface area contributed by atoms with E-state index >= 15 is 0 Å². The van der Waals surface area contributed by atoms with E-state index in [0.29, 0.717) is 11.4 Å². The summed E-state index contributed by atoms with van der Waals surface area (Å²) in [5, 5.41) is 5.31. The van der Waals surface area contributed by atoms with Gasteiger partial charge >= 0.3 is 0 Å². The summed E-state index contributed by atoms with van der Waals surface area (Å²) in [7, 11) is 0. The summed E-state index contributed by atoms with van der Waals surface area (Å²) in [5.74, 6) is -0.0784. The molecule has 4 rings (SSSR count). The SMILES string of the molecule is CC(C)c1c(C(=O)NNC(=O)Cc2c[nH]c3ccccc23)cnn1-c1ccccn1. The summed E-state index contributed by atoms with van der Waals surface area (Å²) >= 11 is 0. The Morgan fingerprint density at radius 2 is 1.90 bits per heavy atom. The first-order valence-electron chi connectivity index (χ1n) is 9.68. The van der Waals surface area contributed by atoms with Gasteiger partial charge < -0.3 is 4.98 Å². The lowest BCUT2D eigenvalue weighted by atomic mass is 10.1. The molecule has 152 valence electrons. The molecule has 0 aliphatic heterocycles. The number of hydrogen-bond acceptors (Lipinski definition) is 4. The molecular weight excluding hydrogens is 380 g/mol. The van der Waals surface area contributed by atoms with Crippen molar-refractivity contribution in [2.75, 3.05) is 0 Å². The number of pyridine rings is 1. The minimum Gasteiger partial charge on any atom is -0.361 e. The number of fused-ring (bicyclic) bond motifs is 1. The normalized spacial score (nSPS) is 11.0. The Bertz CT molecular complexity index is 1190. The van der Waals surface area contributed by atoms with Gasteiger partial charge in [-0.2, -0.15) is 5.10 Å². The number of nitrogens with zero attached hydrogens (tertiary/aromatic N) is 3. The van der Waals surface area contributed by atoms with Gasteiger partial charge in [-0.25, -0.2) is 9.67 Å². The molecule has 0 aliphatic rings. The topological polar surface area (TPSA) is 105 Å². The van der Waals surface area contributed by atoms with Crippen LogP contribution in [0.4, 0.5) is 0 Å². The van der Waals surface area contributed by atoms with Crippen molar-refractivity contribution >= 4 is 22.7 Å². The van der Waals surface area contributed by atoms with Crippen LogP contribution in [-0.4, -0.2) is 31.6 Å². The van der Waals surface area contributed by atoms with E-state index < -0.39 is 5.91 Å². The molecule has 0 unspecified atom stereocenters. The largest absolute Gasteiger partial charge is 0.361 e. The lowest BCUT2D eigenvalue weighted by molar-refractivity contribution is -0.121. The maximum atomic E-state index is 12.7. The summed E-state index contributed by atoms with van der Waals surface area (Å²) in [5.41, 5.74) is 7.93. The summed E-state index contributed by atoms with van der Waals surface area (Å²) in [4.78, 5) is 32.5. The molecule has 2 amide bonds. The first kappa shape index (κ1) is 19.4. The minimum atomic E-state index is -0.423. The van der Waals surface area contributed by atoms with E-state index in [4.69, 9.17) is 0 Å². The molecule has 8 heteroatoms. The molecule has 0 spiro atoms. The zero-order valence-electron chi connectivity index (χ0n) is 16.7. The number of hydrogen-bond donors (Lipinski definition) is 3. The van der Waals surface area contributed by atoms with Crippen LogP contribution >= 0.6 is 0 Å². The van der Waals surface area contributed by atoms with Crippen LogP contribution in [0.1, 0.15) is 41.4 Å². The van der Waals surface area contributed by atoms with Crippen molar-refractivity contribution in [1.82, 2.24) is 30.6 Å². The van der Waals surface area contributed by atoms with Gasteiger partial charge in [-0.1, -0.05) is 38.1 Å². The lowest BCUT2D eigenvalue weighted by Crippen LogP contribution is -2.42. The maximum Gasteiger partial charge on any atom is 0.273 e. The van der Waals surface area contributed by atoms with Crippen LogP contribution in [0.5, 0.6) is 0 Å². The van der Waals surface area contributed by atoms with Crippen LogP contribution in [0.15, 0.2) is 61.1 Å².